The van der Waals surface area contributed by atoms with Crippen molar-refractivity contribution in [2.75, 3.05) is 6.54 Å². The summed E-state index contributed by atoms with van der Waals surface area (Å²) in [6, 6.07) is 13.9. The number of hydrogen-bond acceptors (Lipinski definition) is 3. The molecule has 1 aromatic heterocycles. The molecule has 0 spiro atoms. The Morgan fingerprint density at radius 2 is 1.93 bits per heavy atom. The predicted molar refractivity (Wildman–Crippen MR) is 114 cm³/mol. The van der Waals surface area contributed by atoms with E-state index >= 15 is 0 Å². The quantitative estimate of drug-likeness (QED) is 0.695. The molecular weight excluding hydrogens is 381 g/mol. The van der Waals surface area contributed by atoms with E-state index in [1.165, 1.54) is 11.6 Å². The highest BCUT2D eigenvalue weighted by atomic mass is 19.1. The van der Waals surface area contributed by atoms with Crippen LogP contribution in [0.15, 0.2) is 53.3 Å². The summed E-state index contributed by atoms with van der Waals surface area (Å²) in [6.45, 7) is 2.82. The van der Waals surface area contributed by atoms with Crippen molar-refractivity contribution in [2.24, 2.45) is 0 Å². The lowest BCUT2D eigenvalue weighted by molar-refractivity contribution is 0.0732. The Hall–Kier alpha value is -3.28. The van der Waals surface area contributed by atoms with Crippen molar-refractivity contribution in [1.29, 1.82) is 0 Å². The van der Waals surface area contributed by atoms with E-state index in [2.05, 4.69) is 16.9 Å². The van der Waals surface area contributed by atoms with Crippen LogP contribution in [0.3, 0.4) is 0 Å². The molecule has 1 aliphatic rings. The number of unbranched alkanes of at least 4 members (excludes halogenated alkanes) is 1. The molecule has 0 bridgehead atoms. The van der Waals surface area contributed by atoms with Gasteiger partial charge < -0.3 is 9.88 Å². The SMILES string of the molecule is CCCCc1ccc(C(=O)N2CCc3nc(-c4ccccc4F)[nH]c(=O)c3C2)cc1. The Labute approximate surface area is 174 Å². The molecule has 0 aliphatic carbocycles. The normalized spacial score (nSPS) is 13.2. The molecule has 2 heterocycles. The first-order chi connectivity index (χ1) is 14.6. The Bertz CT molecular complexity index is 1120. The Morgan fingerprint density at radius 3 is 2.67 bits per heavy atom. The molecular formula is C24H24FN3O2. The summed E-state index contributed by atoms with van der Waals surface area (Å²) >= 11 is 0. The van der Waals surface area contributed by atoms with Crippen molar-refractivity contribution in [3.8, 4) is 11.4 Å². The maximum absolute atomic E-state index is 14.1. The van der Waals surface area contributed by atoms with Gasteiger partial charge in [-0.1, -0.05) is 37.6 Å². The second-order valence-electron chi connectivity index (χ2n) is 7.60. The van der Waals surface area contributed by atoms with Crippen molar-refractivity contribution >= 4 is 5.91 Å². The number of aromatic amines is 1. The number of rotatable bonds is 5. The van der Waals surface area contributed by atoms with E-state index in [1.807, 2.05) is 24.3 Å². The lowest BCUT2D eigenvalue weighted by Crippen LogP contribution is -2.39. The Morgan fingerprint density at radius 1 is 1.17 bits per heavy atom. The van der Waals surface area contributed by atoms with E-state index in [0.29, 0.717) is 29.8 Å². The van der Waals surface area contributed by atoms with Gasteiger partial charge in [0.1, 0.15) is 11.6 Å². The molecule has 5 nitrogen and oxygen atoms in total. The van der Waals surface area contributed by atoms with Crippen LogP contribution in [0.4, 0.5) is 4.39 Å². The minimum atomic E-state index is -0.435. The van der Waals surface area contributed by atoms with Gasteiger partial charge in [0.05, 0.1) is 23.4 Å². The summed E-state index contributed by atoms with van der Waals surface area (Å²) in [6.07, 6.45) is 3.73. The van der Waals surface area contributed by atoms with Crippen LogP contribution in [0.2, 0.25) is 0 Å². The molecule has 2 aromatic carbocycles. The van der Waals surface area contributed by atoms with Crippen LogP contribution in [0.25, 0.3) is 11.4 Å². The zero-order valence-corrected chi connectivity index (χ0v) is 17.0. The fraction of sp³-hybridized carbons (Fsp3) is 0.292. The molecule has 0 atom stereocenters. The summed E-state index contributed by atoms with van der Waals surface area (Å²) in [4.78, 5) is 34.4. The van der Waals surface area contributed by atoms with Gasteiger partial charge in [0, 0.05) is 18.5 Å². The maximum atomic E-state index is 14.1. The van der Waals surface area contributed by atoms with Gasteiger partial charge >= 0.3 is 0 Å². The van der Waals surface area contributed by atoms with Crippen molar-refractivity contribution in [3.63, 3.8) is 0 Å². The zero-order valence-electron chi connectivity index (χ0n) is 17.0. The molecule has 1 N–H and O–H groups in total. The van der Waals surface area contributed by atoms with Gasteiger partial charge in [0.25, 0.3) is 11.5 Å². The third kappa shape index (κ3) is 4.03. The minimum absolute atomic E-state index is 0.0970. The number of fused-ring (bicyclic) bond motifs is 1. The summed E-state index contributed by atoms with van der Waals surface area (Å²) in [5.41, 5.74) is 2.86. The molecule has 0 radical (unpaired) electrons. The average Bonchev–Trinajstić information content (AvgIpc) is 2.77. The number of amides is 1. The number of carbonyl (C=O) groups excluding carboxylic acids is 1. The second kappa shape index (κ2) is 8.61. The lowest BCUT2D eigenvalue weighted by Gasteiger charge is -2.28. The van der Waals surface area contributed by atoms with Gasteiger partial charge in [-0.15, -0.1) is 0 Å². The number of aryl methyl sites for hydroxylation is 1. The maximum Gasteiger partial charge on any atom is 0.256 e. The van der Waals surface area contributed by atoms with Crippen LogP contribution in [-0.4, -0.2) is 27.3 Å². The Balaban J connectivity index is 1.54. The first-order valence-electron chi connectivity index (χ1n) is 10.3. The number of hydrogen-bond donors (Lipinski definition) is 1. The molecule has 154 valence electrons. The average molecular weight is 405 g/mol. The van der Waals surface area contributed by atoms with Crippen LogP contribution in [0.1, 0.15) is 46.9 Å². The third-order valence-corrected chi connectivity index (χ3v) is 5.50. The summed E-state index contributed by atoms with van der Waals surface area (Å²) < 4.78 is 14.1. The largest absolute Gasteiger partial charge is 0.334 e. The molecule has 0 saturated carbocycles. The summed E-state index contributed by atoms with van der Waals surface area (Å²) in [5, 5.41) is 0. The molecule has 4 rings (SSSR count). The highest BCUT2D eigenvalue weighted by Gasteiger charge is 2.25. The monoisotopic (exact) mass is 405 g/mol. The van der Waals surface area contributed by atoms with Crippen LogP contribution >= 0.6 is 0 Å². The minimum Gasteiger partial charge on any atom is -0.334 e. The summed E-state index contributed by atoms with van der Waals surface area (Å²) in [5.74, 6) is -0.310. The molecule has 0 unspecified atom stereocenters. The second-order valence-corrected chi connectivity index (χ2v) is 7.60. The van der Waals surface area contributed by atoms with E-state index in [1.54, 1.807) is 23.1 Å². The fourth-order valence-corrected chi connectivity index (χ4v) is 3.76. The smallest absolute Gasteiger partial charge is 0.256 e. The standard InChI is InChI=1S/C24H24FN3O2/c1-2-3-6-16-9-11-17(12-10-16)24(30)28-14-13-21-19(15-28)23(29)27-22(26-21)18-7-4-5-8-20(18)25/h4-5,7-12H,2-3,6,13-15H2,1H3,(H,26,27,29). The molecule has 1 amide bonds. The first-order valence-corrected chi connectivity index (χ1v) is 10.3. The molecule has 3 aromatic rings. The number of carbonyl (C=O) groups is 1. The van der Waals surface area contributed by atoms with E-state index in [-0.39, 0.29) is 29.4 Å². The first kappa shape index (κ1) is 20.0. The van der Waals surface area contributed by atoms with Crippen molar-refractivity contribution in [1.82, 2.24) is 14.9 Å². The van der Waals surface area contributed by atoms with E-state index in [4.69, 9.17) is 0 Å². The highest BCUT2D eigenvalue weighted by Crippen LogP contribution is 2.22. The molecule has 6 heteroatoms. The number of benzene rings is 2. The zero-order chi connectivity index (χ0) is 21.1. The molecule has 30 heavy (non-hydrogen) atoms. The van der Waals surface area contributed by atoms with Gasteiger partial charge in [0.2, 0.25) is 0 Å². The topological polar surface area (TPSA) is 66.1 Å². The predicted octanol–water partition coefficient (Wildman–Crippen LogP) is 4.12. The van der Waals surface area contributed by atoms with E-state index < -0.39 is 5.82 Å². The third-order valence-electron chi connectivity index (χ3n) is 5.50. The van der Waals surface area contributed by atoms with E-state index in [0.717, 1.165) is 19.3 Å². The lowest BCUT2D eigenvalue weighted by atomic mass is 10.0. The number of nitrogens with zero attached hydrogens (tertiary/aromatic N) is 2. The number of aromatic nitrogens is 2. The number of H-pyrrole nitrogens is 1. The van der Waals surface area contributed by atoms with Crippen LogP contribution in [0.5, 0.6) is 0 Å². The van der Waals surface area contributed by atoms with Crippen LogP contribution in [0, 0.1) is 5.82 Å². The highest BCUT2D eigenvalue weighted by molar-refractivity contribution is 5.94. The Kier molecular flexibility index (Phi) is 5.74. The summed E-state index contributed by atoms with van der Waals surface area (Å²) in [7, 11) is 0. The van der Waals surface area contributed by atoms with Crippen LogP contribution < -0.4 is 5.56 Å². The number of nitrogens with one attached hydrogen (secondary N) is 1. The van der Waals surface area contributed by atoms with Crippen molar-refractivity contribution in [2.45, 2.75) is 39.2 Å². The van der Waals surface area contributed by atoms with Gasteiger partial charge in [-0.3, -0.25) is 9.59 Å². The molecule has 1 aliphatic heterocycles. The fourth-order valence-electron chi connectivity index (χ4n) is 3.76. The van der Waals surface area contributed by atoms with Gasteiger partial charge in [0.15, 0.2) is 0 Å². The van der Waals surface area contributed by atoms with Gasteiger partial charge in [-0.2, -0.15) is 0 Å². The van der Waals surface area contributed by atoms with Gasteiger partial charge in [-0.25, -0.2) is 9.37 Å². The van der Waals surface area contributed by atoms with Crippen LogP contribution in [-0.2, 0) is 19.4 Å². The molecule has 0 saturated heterocycles. The molecule has 0 fully saturated rings. The van der Waals surface area contributed by atoms with Crippen molar-refractivity contribution in [3.05, 3.63) is 87.1 Å². The number of halogens is 1. The van der Waals surface area contributed by atoms with E-state index in [9.17, 15) is 14.0 Å². The van der Waals surface area contributed by atoms with Crippen molar-refractivity contribution < 1.29 is 9.18 Å². The van der Waals surface area contributed by atoms with Gasteiger partial charge in [-0.05, 0) is 42.7 Å².